The number of hydrogen-bond acceptors (Lipinski definition) is 11. The van der Waals surface area contributed by atoms with Crippen LogP contribution in [0.3, 0.4) is 0 Å². The average molecular weight is 609 g/mol. The second-order valence-electron chi connectivity index (χ2n) is 10.8. The van der Waals surface area contributed by atoms with E-state index in [9.17, 15) is 18.0 Å². The number of aromatic nitrogens is 7. The molecule has 16 heteroatoms. The predicted octanol–water partition coefficient (Wildman–Crippen LogP) is 2.53. The first-order chi connectivity index (χ1) is 21.1. The number of carbonyl (C=O) groups is 1. The molecule has 1 amide bonds. The van der Waals surface area contributed by atoms with E-state index in [1.54, 1.807) is 43.4 Å². The number of carbonyl (C=O) groups excluding carboxylic acids is 1. The van der Waals surface area contributed by atoms with Gasteiger partial charge in [-0.05, 0) is 23.8 Å². The number of anilines is 3. The van der Waals surface area contributed by atoms with Crippen LogP contribution in [0.1, 0.15) is 22.4 Å². The highest BCUT2D eigenvalue weighted by atomic mass is 19.4. The Morgan fingerprint density at radius 3 is 2.48 bits per heavy atom. The molecule has 230 valence electrons. The maximum Gasteiger partial charge on any atom is 0.416 e. The molecule has 13 nitrogen and oxygen atoms in total. The first kappa shape index (κ1) is 29.4. The SMILES string of the molecule is CNc1nc(Nc2cc(CN3CCN(C(=O)CN4Cc5cncnc5C4)CC3)cc(C(F)(F)F)c2)nc(-c2cnn(C)c2)n1. The zero-order valence-corrected chi connectivity index (χ0v) is 24.2. The maximum absolute atomic E-state index is 13.9. The van der Waals surface area contributed by atoms with E-state index in [0.717, 1.165) is 23.4 Å². The Kier molecular flexibility index (Phi) is 8.09. The van der Waals surface area contributed by atoms with Crippen LogP contribution in [-0.2, 0) is 37.7 Å². The Morgan fingerprint density at radius 1 is 0.977 bits per heavy atom. The van der Waals surface area contributed by atoms with Gasteiger partial charge in [-0.2, -0.15) is 33.2 Å². The summed E-state index contributed by atoms with van der Waals surface area (Å²) in [6, 6.07) is 3.85. The molecular formula is C28H31F3N12O. The van der Waals surface area contributed by atoms with Gasteiger partial charge in [0.15, 0.2) is 5.82 Å². The third-order valence-electron chi connectivity index (χ3n) is 7.54. The highest BCUT2D eigenvalue weighted by Gasteiger charge is 2.32. The number of hydrogen-bond donors (Lipinski definition) is 2. The van der Waals surface area contributed by atoms with Gasteiger partial charge < -0.3 is 15.5 Å². The topological polar surface area (TPSA) is 133 Å². The monoisotopic (exact) mass is 608 g/mol. The van der Waals surface area contributed by atoms with Crippen molar-refractivity contribution in [2.24, 2.45) is 7.05 Å². The lowest BCUT2D eigenvalue weighted by Crippen LogP contribution is -2.50. The van der Waals surface area contributed by atoms with Crippen molar-refractivity contribution in [2.45, 2.75) is 25.8 Å². The third kappa shape index (κ3) is 6.75. The lowest BCUT2D eigenvalue weighted by atomic mass is 10.1. The molecule has 2 N–H and O–H groups in total. The number of aryl methyl sites for hydroxylation is 1. The summed E-state index contributed by atoms with van der Waals surface area (Å²) < 4.78 is 43.3. The van der Waals surface area contributed by atoms with Crippen molar-refractivity contribution in [1.29, 1.82) is 0 Å². The molecule has 0 unspecified atom stereocenters. The molecule has 44 heavy (non-hydrogen) atoms. The van der Waals surface area contributed by atoms with Crippen LogP contribution in [0, 0.1) is 0 Å². The first-order valence-electron chi connectivity index (χ1n) is 14.0. The van der Waals surface area contributed by atoms with E-state index in [1.807, 2.05) is 14.7 Å². The highest BCUT2D eigenvalue weighted by molar-refractivity contribution is 5.78. The van der Waals surface area contributed by atoms with E-state index >= 15 is 0 Å². The molecule has 0 aliphatic carbocycles. The molecule has 0 saturated carbocycles. The van der Waals surface area contributed by atoms with Crippen LogP contribution >= 0.6 is 0 Å². The lowest BCUT2D eigenvalue weighted by Gasteiger charge is -2.35. The van der Waals surface area contributed by atoms with Crippen LogP contribution in [0.25, 0.3) is 11.4 Å². The van der Waals surface area contributed by atoms with Crippen molar-refractivity contribution in [1.82, 2.24) is 49.4 Å². The number of fused-ring (bicyclic) bond motifs is 1. The summed E-state index contributed by atoms with van der Waals surface area (Å²) in [6.07, 6.45) is 2.07. The number of halogens is 3. The zero-order chi connectivity index (χ0) is 30.8. The molecule has 0 bridgehead atoms. The lowest BCUT2D eigenvalue weighted by molar-refractivity contribution is -0.138. The van der Waals surface area contributed by atoms with Gasteiger partial charge in [0, 0.05) is 83.6 Å². The van der Waals surface area contributed by atoms with Gasteiger partial charge in [-0.15, -0.1) is 0 Å². The average Bonchev–Trinajstić information content (AvgIpc) is 3.62. The molecule has 5 heterocycles. The fourth-order valence-corrected chi connectivity index (χ4v) is 5.34. The number of benzene rings is 1. The smallest absolute Gasteiger partial charge is 0.357 e. The number of piperazine rings is 1. The number of rotatable bonds is 8. The minimum atomic E-state index is -4.55. The normalized spacial score (nSPS) is 15.8. The summed E-state index contributed by atoms with van der Waals surface area (Å²) in [4.78, 5) is 40.2. The molecule has 0 radical (unpaired) electrons. The molecule has 1 aromatic carbocycles. The molecule has 0 atom stereocenters. The summed E-state index contributed by atoms with van der Waals surface area (Å²) in [6.45, 7) is 3.92. The summed E-state index contributed by atoms with van der Waals surface area (Å²) in [5.74, 6) is 0.695. The number of amides is 1. The van der Waals surface area contributed by atoms with Crippen LogP contribution < -0.4 is 10.6 Å². The number of alkyl halides is 3. The van der Waals surface area contributed by atoms with Gasteiger partial charge in [0.25, 0.3) is 0 Å². The molecule has 6 rings (SSSR count). The van der Waals surface area contributed by atoms with E-state index in [-0.39, 0.29) is 30.0 Å². The quantitative estimate of drug-likeness (QED) is 0.306. The van der Waals surface area contributed by atoms with Crippen LogP contribution in [0.5, 0.6) is 0 Å². The van der Waals surface area contributed by atoms with Gasteiger partial charge in [-0.1, -0.05) is 0 Å². The van der Waals surface area contributed by atoms with E-state index in [0.29, 0.717) is 62.8 Å². The fourth-order valence-electron chi connectivity index (χ4n) is 5.34. The first-order valence-corrected chi connectivity index (χ1v) is 14.0. The van der Waals surface area contributed by atoms with E-state index in [4.69, 9.17) is 0 Å². The Bertz CT molecular complexity index is 1630. The molecule has 4 aromatic rings. The summed E-state index contributed by atoms with van der Waals surface area (Å²) in [7, 11) is 3.40. The van der Waals surface area contributed by atoms with Crippen LogP contribution in [0.2, 0.25) is 0 Å². The summed E-state index contributed by atoms with van der Waals surface area (Å²) >= 11 is 0. The third-order valence-corrected chi connectivity index (χ3v) is 7.54. The zero-order valence-electron chi connectivity index (χ0n) is 24.2. The molecule has 0 spiro atoms. The fraction of sp³-hybridized carbons (Fsp3) is 0.393. The number of nitrogens with one attached hydrogen (secondary N) is 2. The van der Waals surface area contributed by atoms with Crippen LogP contribution in [0.4, 0.5) is 30.8 Å². The Labute approximate surface area is 251 Å². The molecule has 1 saturated heterocycles. The molecule has 2 aliphatic heterocycles. The standard InChI is InChI=1S/C28H31F3N12O/c1-32-26-37-25(20-11-35-40(2)13-20)38-27(39-26)36-22-8-18(7-21(9-22)28(29,30)31)12-41-3-5-43(6-4-41)24(44)16-42-14-19-10-33-17-34-23(19)15-42/h7-11,13,17H,3-6,12,14-16H2,1-2H3,(H2,32,36,37,38,39). The van der Waals surface area contributed by atoms with Gasteiger partial charge in [-0.25, -0.2) is 9.97 Å². The predicted molar refractivity (Wildman–Crippen MR) is 154 cm³/mol. The second-order valence-corrected chi connectivity index (χ2v) is 10.8. The van der Waals surface area contributed by atoms with Crippen molar-refractivity contribution in [2.75, 3.05) is 50.4 Å². The van der Waals surface area contributed by atoms with Crippen molar-refractivity contribution in [3.05, 3.63) is 65.5 Å². The summed E-state index contributed by atoms with van der Waals surface area (Å²) in [5, 5.41) is 9.92. The van der Waals surface area contributed by atoms with Gasteiger partial charge in [0.05, 0.1) is 29.6 Å². The number of nitrogens with zero attached hydrogens (tertiary/aromatic N) is 10. The van der Waals surface area contributed by atoms with Crippen molar-refractivity contribution in [3.63, 3.8) is 0 Å². The van der Waals surface area contributed by atoms with Crippen LogP contribution in [0.15, 0.2) is 43.1 Å². The van der Waals surface area contributed by atoms with Gasteiger partial charge in [0.2, 0.25) is 17.8 Å². The molecular weight excluding hydrogens is 577 g/mol. The molecule has 2 aliphatic rings. The maximum atomic E-state index is 13.9. The van der Waals surface area contributed by atoms with Gasteiger partial charge in [0.1, 0.15) is 6.33 Å². The highest BCUT2D eigenvalue weighted by Crippen LogP contribution is 2.33. The van der Waals surface area contributed by atoms with Gasteiger partial charge >= 0.3 is 6.18 Å². The Hall–Kier alpha value is -4.70. The largest absolute Gasteiger partial charge is 0.416 e. The van der Waals surface area contributed by atoms with Crippen molar-refractivity contribution in [3.8, 4) is 11.4 Å². The van der Waals surface area contributed by atoms with E-state index in [1.165, 1.54) is 6.33 Å². The second kappa shape index (κ2) is 12.1. The minimum Gasteiger partial charge on any atom is -0.357 e. The minimum absolute atomic E-state index is 0.0277. The van der Waals surface area contributed by atoms with Crippen molar-refractivity contribution < 1.29 is 18.0 Å². The Morgan fingerprint density at radius 2 is 1.77 bits per heavy atom. The van der Waals surface area contributed by atoms with E-state index in [2.05, 4.69) is 40.7 Å². The summed E-state index contributed by atoms with van der Waals surface area (Å²) in [5.41, 5.74) is 2.51. The van der Waals surface area contributed by atoms with Crippen LogP contribution in [-0.4, -0.2) is 95.1 Å². The van der Waals surface area contributed by atoms with E-state index < -0.39 is 11.7 Å². The molecule has 3 aromatic heterocycles. The Balaban J connectivity index is 1.12. The molecule has 1 fully saturated rings. The van der Waals surface area contributed by atoms with Gasteiger partial charge in [-0.3, -0.25) is 19.3 Å². The van der Waals surface area contributed by atoms with Crippen molar-refractivity contribution >= 4 is 23.5 Å².